The number of aryl methyl sites for hydroxylation is 1. The smallest absolute Gasteiger partial charge is 0.315 e. The summed E-state index contributed by atoms with van der Waals surface area (Å²) in [5.41, 5.74) is 1.50. The Morgan fingerprint density at radius 1 is 1.18 bits per heavy atom. The molecule has 1 aromatic rings. The van der Waals surface area contributed by atoms with E-state index in [1.165, 1.54) is 6.42 Å². The Morgan fingerprint density at radius 2 is 1.95 bits per heavy atom. The van der Waals surface area contributed by atoms with Crippen molar-refractivity contribution in [1.29, 1.82) is 0 Å². The Morgan fingerprint density at radius 3 is 2.59 bits per heavy atom. The van der Waals surface area contributed by atoms with Crippen molar-refractivity contribution in [3.8, 4) is 0 Å². The Hall–Kier alpha value is -2.11. The highest BCUT2D eigenvalue weighted by Crippen LogP contribution is 2.18. The maximum absolute atomic E-state index is 12.4. The summed E-state index contributed by atoms with van der Waals surface area (Å²) < 4.78 is 0. The van der Waals surface area contributed by atoms with Crippen LogP contribution in [0.5, 0.6) is 0 Å². The Labute approximate surface area is 130 Å². The van der Waals surface area contributed by atoms with E-state index in [0.29, 0.717) is 24.7 Å². The van der Waals surface area contributed by atoms with Crippen LogP contribution in [0.1, 0.15) is 41.7 Å². The molecule has 2 aliphatic rings. The summed E-state index contributed by atoms with van der Waals surface area (Å²) in [7, 11) is 0. The van der Waals surface area contributed by atoms with E-state index in [1.54, 1.807) is 17.2 Å². The minimum absolute atomic E-state index is 0.0174. The standard InChI is InChI=1S/C16H22N4O2/c1-11-5-6-12(9-17-11)15(21)20-8-7-14(10-20)19-16(22)18-13-3-2-4-13/h5-6,9,13-14H,2-4,7-8,10H2,1H3,(H2,18,19,22)/t14-/m1/s1. The van der Waals surface area contributed by atoms with Crippen molar-refractivity contribution >= 4 is 11.9 Å². The predicted molar refractivity (Wildman–Crippen MR) is 82.6 cm³/mol. The van der Waals surface area contributed by atoms with Crippen LogP contribution in [0.4, 0.5) is 4.79 Å². The number of likely N-dealkylation sites (tertiary alicyclic amines) is 1. The third kappa shape index (κ3) is 3.37. The van der Waals surface area contributed by atoms with Crippen LogP contribution >= 0.6 is 0 Å². The van der Waals surface area contributed by atoms with Crippen LogP contribution in [0.15, 0.2) is 18.3 Å². The monoisotopic (exact) mass is 302 g/mol. The van der Waals surface area contributed by atoms with Gasteiger partial charge in [0, 0.05) is 37.1 Å². The molecule has 6 heteroatoms. The maximum Gasteiger partial charge on any atom is 0.315 e. The molecule has 0 radical (unpaired) electrons. The quantitative estimate of drug-likeness (QED) is 0.887. The molecule has 3 rings (SSSR count). The summed E-state index contributed by atoms with van der Waals surface area (Å²) in [6, 6.07) is 3.89. The Balaban J connectivity index is 1.49. The van der Waals surface area contributed by atoms with Crippen LogP contribution in [0.25, 0.3) is 0 Å². The second kappa shape index (κ2) is 6.34. The second-order valence-electron chi connectivity index (χ2n) is 6.17. The largest absolute Gasteiger partial charge is 0.336 e. The molecule has 1 saturated carbocycles. The Bertz CT molecular complexity index is 554. The summed E-state index contributed by atoms with van der Waals surface area (Å²) in [5.74, 6) is -0.0174. The van der Waals surface area contributed by atoms with Gasteiger partial charge in [0.25, 0.3) is 5.91 Å². The lowest BCUT2D eigenvalue weighted by Crippen LogP contribution is -2.49. The van der Waals surface area contributed by atoms with Crippen LogP contribution in [0.3, 0.4) is 0 Å². The van der Waals surface area contributed by atoms with Crippen molar-refractivity contribution in [2.24, 2.45) is 0 Å². The number of carbonyl (C=O) groups excluding carboxylic acids is 2. The van der Waals surface area contributed by atoms with E-state index in [9.17, 15) is 9.59 Å². The molecule has 1 aromatic heterocycles. The average molecular weight is 302 g/mol. The van der Waals surface area contributed by atoms with Gasteiger partial charge in [-0.25, -0.2) is 4.79 Å². The molecule has 1 atom stereocenters. The van der Waals surface area contributed by atoms with Gasteiger partial charge in [0.2, 0.25) is 0 Å². The number of hydrogen-bond acceptors (Lipinski definition) is 3. The first kappa shape index (κ1) is 14.8. The van der Waals surface area contributed by atoms with Crippen LogP contribution in [-0.4, -0.2) is 47.0 Å². The first-order valence-electron chi connectivity index (χ1n) is 7.91. The van der Waals surface area contributed by atoms with Crippen molar-refractivity contribution < 1.29 is 9.59 Å². The number of hydrogen-bond donors (Lipinski definition) is 2. The third-order valence-corrected chi connectivity index (χ3v) is 4.41. The van der Waals surface area contributed by atoms with E-state index >= 15 is 0 Å². The van der Waals surface area contributed by atoms with E-state index in [1.807, 2.05) is 13.0 Å². The number of carbonyl (C=O) groups is 2. The van der Waals surface area contributed by atoms with E-state index in [0.717, 1.165) is 25.0 Å². The Kier molecular flexibility index (Phi) is 4.27. The van der Waals surface area contributed by atoms with E-state index < -0.39 is 0 Å². The van der Waals surface area contributed by atoms with Crippen molar-refractivity contribution in [1.82, 2.24) is 20.5 Å². The minimum atomic E-state index is -0.110. The lowest BCUT2D eigenvalue weighted by atomic mass is 9.93. The average Bonchev–Trinajstić information content (AvgIpc) is 2.91. The molecule has 2 heterocycles. The van der Waals surface area contributed by atoms with Gasteiger partial charge in [-0.2, -0.15) is 0 Å². The molecule has 2 N–H and O–H groups in total. The molecule has 22 heavy (non-hydrogen) atoms. The molecule has 0 unspecified atom stereocenters. The SMILES string of the molecule is Cc1ccc(C(=O)N2CC[C@@H](NC(=O)NC3CCC3)C2)cn1. The van der Waals surface area contributed by atoms with E-state index in [4.69, 9.17) is 0 Å². The van der Waals surface area contributed by atoms with Crippen molar-refractivity contribution in [2.45, 2.75) is 44.7 Å². The first-order valence-corrected chi connectivity index (χ1v) is 7.91. The number of aromatic nitrogens is 1. The fourth-order valence-electron chi connectivity index (χ4n) is 2.80. The number of nitrogens with one attached hydrogen (secondary N) is 2. The summed E-state index contributed by atoms with van der Waals surface area (Å²) in [6.07, 6.45) is 5.75. The zero-order chi connectivity index (χ0) is 15.5. The number of urea groups is 1. The molecule has 1 aliphatic carbocycles. The van der Waals surface area contributed by atoms with Gasteiger partial charge in [0.05, 0.1) is 5.56 Å². The van der Waals surface area contributed by atoms with Gasteiger partial charge >= 0.3 is 6.03 Å². The molecule has 0 aromatic carbocycles. The molecule has 0 spiro atoms. The molecule has 1 aliphatic heterocycles. The minimum Gasteiger partial charge on any atom is -0.336 e. The highest BCUT2D eigenvalue weighted by Gasteiger charge is 2.29. The van der Waals surface area contributed by atoms with Crippen LogP contribution < -0.4 is 10.6 Å². The molecule has 2 fully saturated rings. The van der Waals surface area contributed by atoms with Gasteiger partial charge in [-0.15, -0.1) is 0 Å². The zero-order valence-electron chi connectivity index (χ0n) is 12.8. The topological polar surface area (TPSA) is 74.3 Å². The van der Waals surface area contributed by atoms with Gasteiger partial charge < -0.3 is 15.5 Å². The molecular formula is C16H22N4O2. The fraction of sp³-hybridized carbons (Fsp3) is 0.562. The van der Waals surface area contributed by atoms with Gasteiger partial charge in [-0.1, -0.05) is 0 Å². The van der Waals surface area contributed by atoms with Crippen molar-refractivity contribution in [2.75, 3.05) is 13.1 Å². The summed E-state index contributed by atoms with van der Waals surface area (Å²) in [4.78, 5) is 30.2. The molecule has 1 saturated heterocycles. The number of rotatable bonds is 3. The summed E-state index contributed by atoms with van der Waals surface area (Å²) in [5, 5.41) is 5.93. The van der Waals surface area contributed by atoms with E-state index in [-0.39, 0.29) is 18.0 Å². The van der Waals surface area contributed by atoms with Crippen LogP contribution in [0.2, 0.25) is 0 Å². The number of pyridine rings is 1. The normalized spacial score (nSPS) is 21.3. The fourth-order valence-corrected chi connectivity index (χ4v) is 2.80. The predicted octanol–water partition coefficient (Wildman–Crippen LogP) is 1.46. The summed E-state index contributed by atoms with van der Waals surface area (Å²) in [6.45, 7) is 3.12. The van der Waals surface area contributed by atoms with Gasteiger partial charge in [-0.3, -0.25) is 9.78 Å². The molecule has 0 bridgehead atoms. The zero-order valence-corrected chi connectivity index (χ0v) is 12.8. The molecular weight excluding hydrogens is 280 g/mol. The first-order chi connectivity index (χ1) is 10.6. The van der Waals surface area contributed by atoms with Crippen molar-refractivity contribution in [3.05, 3.63) is 29.6 Å². The lowest BCUT2D eigenvalue weighted by molar-refractivity contribution is 0.0789. The van der Waals surface area contributed by atoms with Gasteiger partial charge in [0.15, 0.2) is 0 Å². The number of amides is 3. The molecule has 118 valence electrons. The van der Waals surface area contributed by atoms with Crippen molar-refractivity contribution in [3.63, 3.8) is 0 Å². The lowest BCUT2D eigenvalue weighted by Gasteiger charge is -2.27. The second-order valence-corrected chi connectivity index (χ2v) is 6.17. The highest BCUT2D eigenvalue weighted by molar-refractivity contribution is 5.94. The number of nitrogens with zero attached hydrogens (tertiary/aromatic N) is 2. The molecule has 3 amide bonds. The maximum atomic E-state index is 12.4. The van der Waals surface area contributed by atoms with Crippen LogP contribution in [0, 0.1) is 6.92 Å². The van der Waals surface area contributed by atoms with Gasteiger partial charge in [-0.05, 0) is 44.7 Å². The molecule has 6 nitrogen and oxygen atoms in total. The van der Waals surface area contributed by atoms with E-state index in [2.05, 4.69) is 15.6 Å². The highest BCUT2D eigenvalue weighted by atomic mass is 16.2. The summed E-state index contributed by atoms with van der Waals surface area (Å²) >= 11 is 0. The van der Waals surface area contributed by atoms with Crippen LogP contribution in [-0.2, 0) is 0 Å². The van der Waals surface area contributed by atoms with Gasteiger partial charge in [0.1, 0.15) is 0 Å². The third-order valence-electron chi connectivity index (χ3n) is 4.41.